The predicted octanol–water partition coefficient (Wildman–Crippen LogP) is 2.59. The number of alkyl carbamates (subject to hydrolysis) is 1. The standard InChI is InChI=1S/C20H31BNO5/c1-18(2,3)26-17(23)22-16-12-25-11-13-10-14(8-9-15(13)16)21-27-20(6,7)19(4,5)24/h8-10,16,24H,11-12H2,1-7H3,(H,22,23). The van der Waals surface area contributed by atoms with Crippen molar-refractivity contribution in [3.63, 3.8) is 0 Å². The first-order chi connectivity index (χ1) is 12.3. The first-order valence-electron chi connectivity index (χ1n) is 9.22. The molecule has 1 atom stereocenters. The van der Waals surface area contributed by atoms with E-state index < -0.39 is 22.9 Å². The molecule has 7 heteroatoms. The van der Waals surface area contributed by atoms with Crippen LogP contribution in [0.2, 0.25) is 0 Å². The quantitative estimate of drug-likeness (QED) is 0.773. The van der Waals surface area contributed by atoms with Crippen LogP contribution in [0.4, 0.5) is 4.79 Å². The summed E-state index contributed by atoms with van der Waals surface area (Å²) in [5.74, 6) is 0. The van der Waals surface area contributed by atoms with Gasteiger partial charge in [-0.05, 0) is 59.6 Å². The normalized spacial score (nSPS) is 17.9. The van der Waals surface area contributed by atoms with Crippen molar-refractivity contribution in [1.82, 2.24) is 5.32 Å². The monoisotopic (exact) mass is 376 g/mol. The molecule has 27 heavy (non-hydrogen) atoms. The van der Waals surface area contributed by atoms with E-state index >= 15 is 0 Å². The third-order valence-corrected chi connectivity index (χ3v) is 4.74. The highest BCUT2D eigenvalue weighted by Gasteiger charge is 2.35. The third kappa shape index (κ3) is 5.96. The van der Waals surface area contributed by atoms with Gasteiger partial charge in [0.05, 0.1) is 30.5 Å². The van der Waals surface area contributed by atoms with Crippen LogP contribution in [0.25, 0.3) is 0 Å². The lowest BCUT2D eigenvalue weighted by Gasteiger charge is -2.37. The Morgan fingerprint density at radius 3 is 2.48 bits per heavy atom. The van der Waals surface area contributed by atoms with Gasteiger partial charge in [-0.25, -0.2) is 4.79 Å². The summed E-state index contributed by atoms with van der Waals surface area (Å²) in [6, 6.07) is 5.60. The molecule has 1 aliphatic heterocycles. The van der Waals surface area contributed by atoms with E-state index in [2.05, 4.69) is 5.32 Å². The Hall–Kier alpha value is -1.57. The van der Waals surface area contributed by atoms with Crippen molar-refractivity contribution in [2.75, 3.05) is 6.61 Å². The molecule has 2 rings (SSSR count). The topological polar surface area (TPSA) is 77.0 Å². The van der Waals surface area contributed by atoms with Crippen LogP contribution in [-0.4, -0.2) is 42.1 Å². The smallest absolute Gasteiger partial charge is 0.408 e. The molecular formula is C20H31BNO5. The molecular weight excluding hydrogens is 345 g/mol. The number of fused-ring (bicyclic) bond motifs is 1. The summed E-state index contributed by atoms with van der Waals surface area (Å²) in [5.41, 5.74) is 0.592. The summed E-state index contributed by atoms with van der Waals surface area (Å²) in [6.45, 7) is 13.5. The Morgan fingerprint density at radius 2 is 1.89 bits per heavy atom. The van der Waals surface area contributed by atoms with Crippen LogP contribution in [0.5, 0.6) is 0 Å². The Balaban J connectivity index is 2.07. The van der Waals surface area contributed by atoms with E-state index in [1.807, 2.05) is 52.8 Å². The highest BCUT2D eigenvalue weighted by Crippen LogP contribution is 2.26. The molecule has 6 nitrogen and oxygen atoms in total. The lowest BCUT2D eigenvalue weighted by atomic mass is 9.81. The number of hydrogen-bond donors (Lipinski definition) is 2. The lowest BCUT2D eigenvalue weighted by Crippen LogP contribution is -2.49. The summed E-state index contributed by atoms with van der Waals surface area (Å²) < 4.78 is 16.8. The zero-order chi connectivity index (χ0) is 20.5. The Morgan fingerprint density at radius 1 is 1.22 bits per heavy atom. The van der Waals surface area contributed by atoms with Crippen molar-refractivity contribution >= 4 is 19.0 Å². The number of carbonyl (C=O) groups excluding carboxylic acids is 1. The Labute approximate surface area is 162 Å². The summed E-state index contributed by atoms with van der Waals surface area (Å²) in [6.07, 6.45) is -0.463. The maximum absolute atomic E-state index is 12.1. The molecule has 1 heterocycles. The number of rotatable bonds is 5. The molecule has 0 fully saturated rings. The highest BCUT2D eigenvalue weighted by atomic mass is 16.6. The van der Waals surface area contributed by atoms with E-state index in [1.54, 1.807) is 21.3 Å². The minimum atomic E-state index is -0.983. The van der Waals surface area contributed by atoms with Crippen molar-refractivity contribution in [2.45, 2.75) is 77.9 Å². The van der Waals surface area contributed by atoms with E-state index in [0.29, 0.717) is 13.2 Å². The van der Waals surface area contributed by atoms with Gasteiger partial charge >= 0.3 is 13.6 Å². The zero-order valence-electron chi connectivity index (χ0n) is 17.4. The minimum absolute atomic E-state index is 0.258. The Bertz CT molecular complexity index is 676. The van der Waals surface area contributed by atoms with Gasteiger partial charge in [0, 0.05) is 0 Å². The molecule has 1 aromatic carbocycles. The molecule has 149 valence electrons. The van der Waals surface area contributed by atoms with Crippen LogP contribution < -0.4 is 10.8 Å². The molecule has 0 spiro atoms. The van der Waals surface area contributed by atoms with Gasteiger partial charge in [0.1, 0.15) is 5.60 Å². The van der Waals surface area contributed by atoms with E-state index in [-0.39, 0.29) is 6.04 Å². The minimum Gasteiger partial charge on any atom is -0.444 e. The second-order valence-corrected chi connectivity index (χ2v) is 8.98. The maximum atomic E-state index is 12.1. The first-order valence-corrected chi connectivity index (χ1v) is 9.22. The van der Waals surface area contributed by atoms with Crippen LogP contribution in [0.1, 0.15) is 65.6 Å². The van der Waals surface area contributed by atoms with Gasteiger partial charge in [-0.3, -0.25) is 0 Å². The van der Waals surface area contributed by atoms with E-state index in [9.17, 15) is 9.90 Å². The fourth-order valence-electron chi connectivity index (χ4n) is 2.47. The fraction of sp³-hybridized carbons (Fsp3) is 0.650. The molecule has 0 saturated heterocycles. The van der Waals surface area contributed by atoms with Gasteiger partial charge in [0.2, 0.25) is 0 Å². The maximum Gasteiger partial charge on any atom is 0.408 e. The van der Waals surface area contributed by atoms with Gasteiger partial charge < -0.3 is 24.6 Å². The average Bonchev–Trinajstić information content (AvgIpc) is 2.50. The van der Waals surface area contributed by atoms with E-state index in [1.165, 1.54) is 0 Å². The molecule has 0 aromatic heterocycles. The largest absolute Gasteiger partial charge is 0.444 e. The SMILES string of the molecule is CC(C)(C)OC(=O)NC1COCc2cc([B]OC(C)(C)C(C)(C)O)ccc21. The summed E-state index contributed by atoms with van der Waals surface area (Å²) in [5, 5.41) is 13.1. The van der Waals surface area contributed by atoms with E-state index in [4.69, 9.17) is 14.1 Å². The number of benzene rings is 1. The lowest BCUT2D eigenvalue weighted by molar-refractivity contribution is -0.0893. The van der Waals surface area contributed by atoms with Gasteiger partial charge in [-0.2, -0.15) is 0 Å². The van der Waals surface area contributed by atoms with Crippen molar-refractivity contribution in [1.29, 1.82) is 0 Å². The van der Waals surface area contributed by atoms with Crippen LogP contribution in [0.3, 0.4) is 0 Å². The fourth-order valence-corrected chi connectivity index (χ4v) is 2.47. The zero-order valence-corrected chi connectivity index (χ0v) is 17.4. The van der Waals surface area contributed by atoms with Gasteiger partial charge in [0.25, 0.3) is 0 Å². The summed E-state index contributed by atoms with van der Waals surface area (Å²) in [7, 11) is 1.64. The molecule has 2 N–H and O–H groups in total. The van der Waals surface area contributed by atoms with Crippen LogP contribution in [0.15, 0.2) is 18.2 Å². The Kier molecular flexibility index (Phi) is 6.29. The summed E-state index contributed by atoms with van der Waals surface area (Å²) >= 11 is 0. The van der Waals surface area contributed by atoms with Crippen LogP contribution in [-0.2, 0) is 20.7 Å². The van der Waals surface area contributed by atoms with Crippen molar-refractivity contribution in [3.05, 3.63) is 29.3 Å². The van der Waals surface area contributed by atoms with Crippen molar-refractivity contribution in [3.8, 4) is 0 Å². The number of ether oxygens (including phenoxy) is 2. The number of hydrogen-bond acceptors (Lipinski definition) is 5. The van der Waals surface area contributed by atoms with E-state index in [0.717, 1.165) is 16.6 Å². The molecule has 1 unspecified atom stereocenters. The molecule has 0 bridgehead atoms. The van der Waals surface area contributed by atoms with Crippen LogP contribution in [0, 0.1) is 0 Å². The molecule has 1 radical (unpaired) electrons. The van der Waals surface area contributed by atoms with Crippen LogP contribution >= 0.6 is 0 Å². The predicted molar refractivity (Wildman–Crippen MR) is 105 cm³/mol. The van der Waals surface area contributed by atoms with Crippen molar-refractivity contribution < 1.29 is 24.0 Å². The molecule has 1 aromatic rings. The number of amides is 1. The number of nitrogens with one attached hydrogen (secondary N) is 1. The highest BCUT2D eigenvalue weighted by molar-refractivity contribution is 6.47. The molecule has 0 aliphatic carbocycles. The molecule has 0 saturated carbocycles. The van der Waals surface area contributed by atoms with Gasteiger partial charge in [0.15, 0.2) is 0 Å². The number of aliphatic hydroxyl groups is 1. The first kappa shape index (κ1) is 21.7. The summed E-state index contributed by atoms with van der Waals surface area (Å²) in [4.78, 5) is 12.1. The molecule has 1 amide bonds. The molecule has 1 aliphatic rings. The van der Waals surface area contributed by atoms with Gasteiger partial charge in [-0.1, -0.05) is 23.7 Å². The second kappa shape index (κ2) is 7.82. The van der Waals surface area contributed by atoms with Gasteiger partial charge in [-0.15, -0.1) is 0 Å². The van der Waals surface area contributed by atoms with Crippen molar-refractivity contribution in [2.24, 2.45) is 0 Å². The number of carbonyl (C=O) groups is 1. The average molecular weight is 376 g/mol. The second-order valence-electron chi connectivity index (χ2n) is 8.98. The third-order valence-electron chi connectivity index (χ3n) is 4.74.